The van der Waals surface area contributed by atoms with Gasteiger partial charge in [0.1, 0.15) is 0 Å². The third-order valence-corrected chi connectivity index (χ3v) is 1.99. The molecule has 0 aliphatic carbocycles. The number of likely N-dealkylation sites (N-methyl/N-ethyl adjacent to an activating group) is 1. The number of hydrogen-bond acceptors (Lipinski definition) is 5. The van der Waals surface area contributed by atoms with Crippen LogP contribution in [0.3, 0.4) is 0 Å². The molecule has 0 aromatic rings. The Balaban J connectivity index is 4.24. The van der Waals surface area contributed by atoms with Crippen molar-refractivity contribution in [2.45, 2.75) is 12.0 Å². The molecule has 0 saturated heterocycles. The summed E-state index contributed by atoms with van der Waals surface area (Å²) in [5, 5.41) is 16.5. The molecule has 0 fully saturated rings. The van der Waals surface area contributed by atoms with Crippen LogP contribution in [0.25, 0.3) is 0 Å². The Bertz CT molecular complexity index is 209. The molecule has 0 rings (SSSR count). The summed E-state index contributed by atoms with van der Waals surface area (Å²) in [6.07, 6.45) is 0. The molecule has 11 heavy (non-hydrogen) atoms. The molecule has 0 aromatic heterocycles. The highest BCUT2D eigenvalue weighted by molar-refractivity contribution is 7.86. The first-order valence-electron chi connectivity index (χ1n) is 2.94. The molecule has 0 saturated carbocycles. The van der Waals surface area contributed by atoms with E-state index in [1.807, 2.05) is 0 Å². The standard InChI is InChI=1S/C4H11NO5S/c1-2-5-3-4(6,7)11(8,9)10/h5-7H,2-3H2,1H3,(H,8,9,10). The second-order valence-corrected chi connectivity index (χ2v) is 3.60. The van der Waals surface area contributed by atoms with Crippen LogP contribution in [0.4, 0.5) is 0 Å². The van der Waals surface area contributed by atoms with Crippen LogP contribution in [0.2, 0.25) is 0 Å². The lowest BCUT2D eigenvalue weighted by atomic mass is 10.6. The molecule has 4 N–H and O–H groups in total. The molecule has 0 spiro atoms. The first-order chi connectivity index (χ1) is 4.81. The molecule has 0 aromatic carbocycles. The van der Waals surface area contributed by atoms with E-state index < -0.39 is 21.8 Å². The summed E-state index contributed by atoms with van der Waals surface area (Å²) in [7, 11) is -4.83. The summed E-state index contributed by atoms with van der Waals surface area (Å²) in [6.45, 7) is 1.40. The van der Waals surface area contributed by atoms with Crippen molar-refractivity contribution in [2.75, 3.05) is 13.1 Å². The van der Waals surface area contributed by atoms with Crippen LogP contribution in [0.5, 0.6) is 0 Å². The normalized spacial score (nSPS) is 13.5. The van der Waals surface area contributed by atoms with E-state index in [2.05, 4.69) is 5.32 Å². The van der Waals surface area contributed by atoms with E-state index >= 15 is 0 Å². The van der Waals surface area contributed by atoms with E-state index in [-0.39, 0.29) is 0 Å². The highest BCUT2D eigenvalue weighted by Crippen LogP contribution is 2.05. The van der Waals surface area contributed by atoms with Crippen LogP contribution in [0.15, 0.2) is 0 Å². The first kappa shape index (κ1) is 10.8. The maximum absolute atomic E-state index is 10.2. The molecular formula is C4H11NO5S. The number of hydrogen-bond donors (Lipinski definition) is 4. The lowest BCUT2D eigenvalue weighted by molar-refractivity contribution is -0.0874. The zero-order chi connectivity index (χ0) is 9.12. The summed E-state index contributed by atoms with van der Waals surface area (Å²) >= 11 is 0. The summed E-state index contributed by atoms with van der Waals surface area (Å²) in [5.41, 5.74) is 0. The molecule has 6 nitrogen and oxygen atoms in total. The van der Waals surface area contributed by atoms with Crippen LogP contribution in [0.1, 0.15) is 6.92 Å². The Morgan fingerprint density at radius 2 is 1.91 bits per heavy atom. The van der Waals surface area contributed by atoms with Gasteiger partial charge in [0.05, 0.1) is 6.54 Å². The van der Waals surface area contributed by atoms with Gasteiger partial charge in [-0.3, -0.25) is 4.55 Å². The zero-order valence-corrected chi connectivity index (χ0v) is 6.80. The van der Waals surface area contributed by atoms with Gasteiger partial charge in [-0.15, -0.1) is 0 Å². The topological polar surface area (TPSA) is 107 Å². The van der Waals surface area contributed by atoms with E-state index in [1.165, 1.54) is 0 Å². The van der Waals surface area contributed by atoms with Crippen molar-refractivity contribution in [3.05, 3.63) is 0 Å². The molecule has 0 unspecified atom stereocenters. The minimum atomic E-state index is -4.83. The number of nitrogens with one attached hydrogen (secondary N) is 1. The predicted octanol–water partition coefficient (Wildman–Crippen LogP) is -1.88. The maximum Gasteiger partial charge on any atom is 0.323 e. The molecule has 68 valence electrons. The predicted molar refractivity (Wildman–Crippen MR) is 37.3 cm³/mol. The van der Waals surface area contributed by atoms with Crippen molar-refractivity contribution in [1.29, 1.82) is 0 Å². The van der Waals surface area contributed by atoms with Gasteiger partial charge in [-0.05, 0) is 6.54 Å². The fourth-order valence-corrected chi connectivity index (χ4v) is 0.663. The quantitative estimate of drug-likeness (QED) is 0.302. The number of rotatable bonds is 4. The zero-order valence-electron chi connectivity index (χ0n) is 5.98. The van der Waals surface area contributed by atoms with Crippen LogP contribution in [-0.2, 0) is 10.1 Å². The van der Waals surface area contributed by atoms with Gasteiger partial charge in [-0.1, -0.05) is 6.92 Å². The van der Waals surface area contributed by atoms with Crippen molar-refractivity contribution in [2.24, 2.45) is 0 Å². The van der Waals surface area contributed by atoms with Crippen molar-refractivity contribution in [1.82, 2.24) is 5.32 Å². The van der Waals surface area contributed by atoms with E-state index in [9.17, 15) is 8.42 Å². The van der Waals surface area contributed by atoms with Crippen molar-refractivity contribution in [3.63, 3.8) is 0 Å². The van der Waals surface area contributed by atoms with Crippen LogP contribution < -0.4 is 5.32 Å². The van der Waals surface area contributed by atoms with Crippen LogP contribution in [0, 0.1) is 0 Å². The van der Waals surface area contributed by atoms with E-state index in [1.54, 1.807) is 6.92 Å². The van der Waals surface area contributed by atoms with Crippen LogP contribution in [-0.4, -0.2) is 41.4 Å². The molecule has 0 atom stereocenters. The Morgan fingerprint density at radius 3 is 2.18 bits per heavy atom. The number of aliphatic hydroxyl groups is 2. The average molecular weight is 185 g/mol. The van der Waals surface area contributed by atoms with Gasteiger partial charge < -0.3 is 15.5 Å². The Labute approximate surface area is 64.6 Å². The lowest BCUT2D eigenvalue weighted by Crippen LogP contribution is -2.47. The second-order valence-electron chi connectivity index (χ2n) is 2.00. The minimum absolute atomic E-state index is 0.373. The fraction of sp³-hybridized carbons (Fsp3) is 1.00. The molecule has 0 bridgehead atoms. The maximum atomic E-state index is 10.2. The fourth-order valence-electron chi connectivity index (χ4n) is 0.379. The Kier molecular flexibility index (Phi) is 3.39. The molecule has 7 heteroatoms. The lowest BCUT2D eigenvalue weighted by Gasteiger charge is -2.17. The smallest absolute Gasteiger partial charge is 0.323 e. The molecule has 0 radical (unpaired) electrons. The SMILES string of the molecule is CCNCC(O)(O)S(=O)(=O)O. The highest BCUT2D eigenvalue weighted by Gasteiger charge is 2.37. The molecular weight excluding hydrogens is 174 g/mol. The summed E-state index contributed by atoms with van der Waals surface area (Å²) < 4.78 is 28.6. The van der Waals surface area contributed by atoms with E-state index in [0.717, 1.165) is 0 Å². The second kappa shape index (κ2) is 3.46. The third kappa shape index (κ3) is 3.12. The van der Waals surface area contributed by atoms with Crippen molar-refractivity contribution >= 4 is 10.1 Å². The van der Waals surface area contributed by atoms with Crippen molar-refractivity contribution < 1.29 is 23.2 Å². The monoisotopic (exact) mass is 185 g/mol. The largest absolute Gasteiger partial charge is 0.351 e. The van der Waals surface area contributed by atoms with Gasteiger partial charge in [-0.25, -0.2) is 0 Å². The summed E-state index contributed by atoms with van der Waals surface area (Å²) in [6, 6.07) is 0. The van der Waals surface area contributed by atoms with Gasteiger partial charge in [0.2, 0.25) is 0 Å². The molecule has 0 amide bonds. The first-order valence-corrected chi connectivity index (χ1v) is 4.38. The average Bonchev–Trinajstić information content (AvgIpc) is 1.81. The van der Waals surface area contributed by atoms with Gasteiger partial charge >= 0.3 is 15.2 Å². The Morgan fingerprint density at radius 1 is 1.45 bits per heavy atom. The Hall–Kier alpha value is -0.210. The molecule has 0 aliphatic rings. The molecule has 0 heterocycles. The van der Waals surface area contributed by atoms with E-state index in [0.29, 0.717) is 6.54 Å². The van der Waals surface area contributed by atoms with Crippen LogP contribution >= 0.6 is 0 Å². The van der Waals surface area contributed by atoms with Gasteiger partial charge in [0, 0.05) is 0 Å². The van der Waals surface area contributed by atoms with E-state index in [4.69, 9.17) is 14.8 Å². The van der Waals surface area contributed by atoms with Gasteiger partial charge in [0.15, 0.2) is 0 Å². The van der Waals surface area contributed by atoms with Crippen molar-refractivity contribution in [3.8, 4) is 0 Å². The molecule has 0 aliphatic heterocycles. The minimum Gasteiger partial charge on any atom is -0.351 e. The summed E-state index contributed by atoms with van der Waals surface area (Å²) in [5.74, 6) is 0. The van der Waals surface area contributed by atoms with Gasteiger partial charge in [-0.2, -0.15) is 8.42 Å². The highest BCUT2D eigenvalue weighted by atomic mass is 32.2. The summed E-state index contributed by atoms with van der Waals surface area (Å²) in [4.78, 5) is 0. The third-order valence-electron chi connectivity index (χ3n) is 1.02. The van der Waals surface area contributed by atoms with Gasteiger partial charge in [0.25, 0.3) is 0 Å².